The molecule has 3 heteroatoms. The van der Waals surface area contributed by atoms with Crippen molar-refractivity contribution in [3.63, 3.8) is 0 Å². The summed E-state index contributed by atoms with van der Waals surface area (Å²) in [5.41, 5.74) is 3.73. The van der Waals surface area contributed by atoms with E-state index in [0.717, 1.165) is 17.0 Å². The number of benzene rings is 2. The van der Waals surface area contributed by atoms with Crippen molar-refractivity contribution in [1.29, 1.82) is 0 Å². The van der Waals surface area contributed by atoms with Gasteiger partial charge in [0, 0.05) is 11.1 Å². The van der Waals surface area contributed by atoms with Gasteiger partial charge in [-0.05, 0) is 49.6 Å². The van der Waals surface area contributed by atoms with Crippen molar-refractivity contribution < 1.29 is 9.53 Å². The molecule has 0 aliphatic heterocycles. The zero-order chi connectivity index (χ0) is 17.0. The highest BCUT2D eigenvalue weighted by Crippen LogP contribution is 2.27. The summed E-state index contributed by atoms with van der Waals surface area (Å²) in [6.07, 6.45) is 0.703. The monoisotopic (exact) mass is 311 g/mol. The Morgan fingerprint density at radius 1 is 1.09 bits per heavy atom. The Kier molecular flexibility index (Phi) is 5.09. The predicted octanol–water partition coefficient (Wildman–Crippen LogP) is 4.52. The Morgan fingerprint density at radius 3 is 2.30 bits per heavy atom. The number of carbonyl (C=O) groups is 1. The summed E-state index contributed by atoms with van der Waals surface area (Å²) >= 11 is 0. The maximum Gasteiger partial charge on any atom is 0.230 e. The molecule has 2 aromatic carbocycles. The van der Waals surface area contributed by atoms with Gasteiger partial charge in [-0.25, -0.2) is 0 Å². The molecule has 2 rings (SSSR count). The Labute approximate surface area is 138 Å². The highest BCUT2D eigenvalue weighted by molar-refractivity contribution is 5.95. The average Bonchev–Trinajstić information content (AvgIpc) is 2.51. The van der Waals surface area contributed by atoms with Gasteiger partial charge in [-0.2, -0.15) is 0 Å². The molecule has 0 aliphatic carbocycles. The number of methoxy groups -OCH3 is 1. The Balaban J connectivity index is 2.10. The number of rotatable bonds is 5. The molecule has 3 nitrogen and oxygen atoms in total. The van der Waals surface area contributed by atoms with Crippen LogP contribution in [0.5, 0.6) is 5.75 Å². The maximum atomic E-state index is 12.7. The van der Waals surface area contributed by atoms with Crippen LogP contribution in [0.25, 0.3) is 0 Å². The molecule has 1 N–H and O–H groups in total. The summed E-state index contributed by atoms with van der Waals surface area (Å²) in [5, 5.41) is 3.04. The normalized spacial score (nSPS) is 11.2. The largest absolute Gasteiger partial charge is 0.497 e. The van der Waals surface area contributed by atoms with Crippen LogP contribution in [0.1, 0.15) is 30.5 Å². The van der Waals surface area contributed by atoms with E-state index in [2.05, 4.69) is 36.5 Å². The van der Waals surface area contributed by atoms with E-state index in [1.807, 2.05) is 39.0 Å². The lowest BCUT2D eigenvalue weighted by Gasteiger charge is -2.24. The first-order valence-electron chi connectivity index (χ1n) is 7.83. The van der Waals surface area contributed by atoms with Crippen LogP contribution in [0.15, 0.2) is 42.5 Å². The molecule has 0 spiro atoms. The molecule has 1 amide bonds. The number of ether oxygens (including phenoxy) is 1. The summed E-state index contributed by atoms with van der Waals surface area (Å²) in [6, 6.07) is 14.0. The zero-order valence-electron chi connectivity index (χ0n) is 14.6. The number of carbonyl (C=O) groups excluding carboxylic acids is 1. The molecule has 0 aliphatic rings. The van der Waals surface area contributed by atoms with E-state index in [-0.39, 0.29) is 5.91 Å². The first-order valence-corrected chi connectivity index (χ1v) is 7.83. The number of anilines is 1. The van der Waals surface area contributed by atoms with Crippen LogP contribution in [0.2, 0.25) is 0 Å². The van der Waals surface area contributed by atoms with Crippen molar-refractivity contribution in [1.82, 2.24) is 0 Å². The Morgan fingerprint density at radius 2 is 1.74 bits per heavy atom. The molecule has 2 aromatic rings. The molecule has 0 unspecified atom stereocenters. The number of amides is 1. The third-order valence-corrected chi connectivity index (χ3v) is 4.06. The second kappa shape index (κ2) is 6.86. The molecule has 0 heterocycles. The van der Waals surface area contributed by atoms with Crippen molar-refractivity contribution in [3.05, 3.63) is 59.2 Å². The van der Waals surface area contributed by atoms with Crippen LogP contribution >= 0.6 is 0 Å². The molecule has 0 aromatic heterocycles. The Bertz CT molecular complexity index is 687. The third-order valence-electron chi connectivity index (χ3n) is 4.06. The first kappa shape index (κ1) is 17.1. The predicted molar refractivity (Wildman–Crippen MR) is 95.0 cm³/mol. The minimum absolute atomic E-state index is 0.0198. The molecule has 23 heavy (non-hydrogen) atoms. The second-order valence-corrected chi connectivity index (χ2v) is 6.68. The summed E-state index contributed by atoms with van der Waals surface area (Å²) in [6.45, 7) is 7.97. The van der Waals surface area contributed by atoms with Gasteiger partial charge in [-0.1, -0.05) is 43.7 Å². The lowest BCUT2D eigenvalue weighted by Crippen LogP contribution is -2.33. The average molecular weight is 311 g/mol. The molecule has 122 valence electrons. The molecule has 0 radical (unpaired) electrons. The lowest BCUT2D eigenvalue weighted by molar-refractivity contribution is -0.123. The topological polar surface area (TPSA) is 38.3 Å². The first-order chi connectivity index (χ1) is 10.8. The summed E-state index contributed by atoms with van der Waals surface area (Å²) in [5.74, 6) is 0.811. The van der Waals surface area contributed by atoms with E-state index in [4.69, 9.17) is 4.74 Å². The molecule has 0 saturated heterocycles. The lowest BCUT2D eigenvalue weighted by atomic mass is 9.84. The maximum absolute atomic E-state index is 12.7. The van der Waals surface area contributed by atoms with Gasteiger partial charge in [0.15, 0.2) is 0 Å². The fraction of sp³-hybridized carbons (Fsp3) is 0.350. The highest BCUT2D eigenvalue weighted by Gasteiger charge is 2.28. The van der Waals surface area contributed by atoms with E-state index in [1.54, 1.807) is 7.11 Å². The minimum Gasteiger partial charge on any atom is -0.497 e. The van der Waals surface area contributed by atoms with Gasteiger partial charge in [0.05, 0.1) is 7.11 Å². The third kappa shape index (κ3) is 4.35. The van der Waals surface area contributed by atoms with Crippen molar-refractivity contribution in [2.75, 3.05) is 12.4 Å². The van der Waals surface area contributed by atoms with Crippen molar-refractivity contribution in [2.24, 2.45) is 5.41 Å². The Hall–Kier alpha value is -2.29. The van der Waals surface area contributed by atoms with Crippen LogP contribution in [0.3, 0.4) is 0 Å². The molecule has 0 atom stereocenters. The van der Waals surface area contributed by atoms with Crippen LogP contribution < -0.4 is 10.1 Å². The number of hydrogen-bond donors (Lipinski definition) is 1. The van der Waals surface area contributed by atoms with Gasteiger partial charge in [0.1, 0.15) is 5.75 Å². The van der Waals surface area contributed by atoms with Gasteiger partial charge >= 0.3 is 0 Å². The summed E-state index contributed by atoms with van der Waals surface area (Å²) < 4.78 is 5.20. The van der Waals surface area contributed by atoms with E-state index in [1.165, 1.54) is 11.1 Å². The fourth-order valence-corrected chi connectivity index (χ4v) is 2.49. The quantitative estimate of drug-likeness (QED) is 0.881. The SMILES string of the molecule is COc1ccc(NC(=O)C(C)(C)Cc2ccc(C)cc2)c(C)c1. The van der Waals surface area contributed by atoms with Crippen molar-refractivity contribution in [3.8, 4) is 5.75 Å². The van der Waals surface area contributed by atoms with Crippen molar-refractivity contribution in [2.45, 2.75) is 34.1 Å². The number of aryl methyl sites for hydroxylation is 2. The second-order valence-electron chi connectivity index (χ2n) is 6.68. The molecule has 0 bridgehead atoms. The van der Waals surface area contributed by atoms with Crippen LogP contribution in [-0.4, -0.2) is 13.0 Å². The van der Waals surface area contributed by atoms with Gasteiger partial charge in [-0.15, -0.1) is 0 Å². The highest BCUT2D eigenvalue weighted by atomic mass is 16.5. The fourth-order valence-electron chi connectivity index (χ4n) is 2.49. The molecular weight excluding hydrogens is 286 g/mol. The minimum atomic E-state index is -0.484. The summed E-state index contributed by atoms with van der Waals surface area (Å²) in [4.78, 5) is 12.7. The summed E-state index contributed by atoms with van der Waals surface area (Å²) in [7, 11) is 1.64. The number of hydrogen-bond acceptors (Lipinski definition) is 2. The van der Waals surface area contributed by atoms with E-state index in [0.29, 0.717) is 6.42 Å². The number of nitrogens with one attached hydrogen (secondary N) is 1. The van der Waals surface area contributed by atoms with Crippen LogP contribution in [0, 0.1) is 19.3 Å². The van der Waals surface area contributed by atoms with Gasteiger partial charge in [0.2, 0.25) is 5.91 Å². The van der Waals surface area contributed by atoms with Gasteiger partial charge < -0.3 is 10.1 Å². The van der Waals surface area contributed by atoms with Gasteiger partial charge in [-0.3, -0.25) is 4.79 Å². The van der Waals surface area contributed by atoms with Crippen LogP contribution in [-0.2, 0) is 11.2 Å². The van der Waals surface area contributed by atoms with Gasteiger partial charge in [0.25, 0.3) is 0 Å². The zero-order valence-corrected chi connectivity index (χ0v) is 14.6. The molecule has 0 saturated carbocycles. The molecular formula is C20H25NO2. The van der Waals surface area contributed by atoms with E-state index < -0.39 is 5.41 Å². The molecule has 0 fully saturated rings. The van der Waals surface area contributed by atoms with Crippen LogP contribution in [0.4, 0.5) is 5.69 Å². The van der Waals surface area contributed by atoms with E-state index >= 15 is 0 Å². The standard InChI is InChI=1S/C20H25NO2/c1-14-6-8-16(9-7-14)13-20(3,4)19(22)21-18-11-10-17(23-5)12-15(18)2/h6-12H,13H2,1-5H3,(H,21,22). The van der Waals surface area contributed by atoms with Crippen molar-refractivity contribution >= 4 is 11.6 Å². The van der Waals surface area contributed by atoms with E-state index in [9.17, 15) is 4.79 Å². The smallest absolute Gasteiger partial charge is 0.230 e.